The Bertz CT molecular complexity index is 767. The summed E-state index contributed by atoms with van der Waals surface area (Å²) >= 11 is 6.91. The molecule has 0 N–H and O–H groups in total. The average Bonchev–Trinajstić information content (AvgIpc) is 2.56. The molecule has 0 bridgehead atoms. The summed E-state index contributed by atoms with van der Waals surface area (Å²) < 4.78 is 2.20. The lowest BCUT2D eigenvalue weighted by Crippen LogP contribution is -1.78. The van der Waals surface area contributed by atoms with E-state index >= 15 is 0 Å². The van der Waals surface area contributed by atoms with Crippen molar-refractivity contribution in [2.75, 3.05) is 0 Å². The molecule has 3 rings (SSSR count). The Morgan fingerprint density at radius 3 is 1.23 bits per heavy atom. The summed E-state index contributed by atoms with van der Waals surface area (Å²) in [6.07, 6.45) is 4.26. The van der Waals surface area contributed by atoms with Crippen LogP contribution < -0.4 is 0 Å². The molecule has 108 valence electrons. The van der Waals surface area contributed by atoms with E-state index in [4.69, 9.17) is 0 Å². The largest absolute Gasteiger partial charge is 0.0544 e. The summed E-state index contributed by atoms with van der Waals surface area (Å²) in [6.45, 7) is 0. The van der Waals surface area contributed by atoms with Crippen LogP contribution >= 0.6 is 31.9 Å². The van der Waals surface area contributed by atoms with Gasteiger partial charge in [-0.3, -0.25) is 0 Å². The van der Waals surface area contributed by atoms with Crippen molar-refractivity contribution in [1.29, 1.82) is 0 Å². The molecule has 0 saturated carbocycles. The first kappa shape index (κ1) is 15.3. The van der Waals surface area contributed by atoms with E-state index in [0.29, 0.717) is 0 Å². The van der Waals surface area contributed by atoms with Crippen molar-refractivity contribution in [3.63, 3.8) is 0 Å². The first-order valence-corrected chi connectivity index (χ1v) is 8.59. The highest BCUT2D eigenvalue weighted by Crippen LogP contribution is 2.22. The Morgan fingerprint density at radius 2 is 0.773 bits per heavy atom. The average molecular weight is 414 g/mol. The van der Waals surface area contributed by atoms with Crippen molar-refractivity contribution >= 4 is 44.0 Å². The molecule has 3 aromatic carbocycles. The van der Waals surface area contributed by atoms with Crippen LogP contribution in [0.15, 0.2) is 81.7 Å². The molecule has 0 saturated heterocycles. The Balaban J connectivity index is 1.76. The zero-order chi connectivity index (χ0) is 15.4. The van der Waals surface area contributed by atoms with E-state index in [1.54, 1.807) is 0 Å². The predicted octanol–water partition coefficient (Wildman–Crippen LogP) is 7.05. The molecule has 0 heterocycles. The van der Waals surface area contributed by atoms with Crippen LogP contribution in [0.3, 0.4) is 0 Å². The van der Waals surface area contributed by atoms with Gasteiger partial charge < -0.3 is 0 Å². The van der Waals surface area contributed by atoms with Crippen LogP contribution in [0, 0.1) is 0 Å². The molecule has 0 atom stereocenters. The van der Waals surface area contributed by atoms with Gasteiger partial charge in [0.1, 0.15) is 0 Å². The maximum absolute atomic E-state index is 3.46. The summed E-state index contributed by atoms with van der Waals surface area (Å²) in [5.41, 5.74) is 4.85. The molecule has 2 heteroatoms. The van der Waals surface area contributed by atoms with E-state index in [0.717, 1.165) is 8.95 Å². The smallest absolute Gasteiger partial charge is 0.0175 e. The molecule has 0 nitrogen and oxygen atoms in total. The van der Waals surface area contributed by atoms with Crippen molar-refractivity contribution in [3.8, 4) is 11.1 Å². The normalized spacial score (nSPS) is 11.0. The quantitative estimate of drug-likeness (QED) is 0.403. The van der Waals surface area contributed by atoms with Crippen LogP contribution in [0.4, 0.5) is 0 Å². The minimum Gasteiger partial charge on any atom is -0.0544 e. The number of benzene rings is 3. The van der Waals surface area contributed by atoms with Gasteiger partial charge in [-0.25, -0.2) is 0 Å². The highest BCUT2D eigenvalue weighted by atomic mass is 79.9. The van der Waals surface area contributed by atoms with Crippen molar-refractivity contribution in [1.82, 2.24) is 0 Å². The molecule has 0 spiro atoms. The van der Waals surface area contributed by atoms with E-state index in [1.165, 1.54) is 22.3 Å². The van der Waals surface area contributed by atoms with E-state index in [2.05, 4.69) is 117 Å². The summed E-state index contributed by atoms with van der Waals surface area (Å²) in [4.78, 5) is 0. The molecular weight excluding hydrogens is 400 g/mol. The first-order valence-electron chi connectivity index (χ1n) is 7.00. The topological polar surface area (TPSA) is 0 Å². The number of hydrogen-bond donors (Lipinski definition) is 0. The van der Waals surface area contributed by atoms with Crippen molar-refractivity contribution in [2.24, 2.45) is 0 Å². The fourth-order valence-corrected chi connectivity index (χ4v) is 2.72. The predicted molar refractivity (Wildman–Crippen MR) is 103 cm³/mol. The first-order chi connectivity index (χ1) is 10.7. The van der Waals surface area contributed by atoms with Gasteiger partial charge in [0.2, 0.25) is 0 Å². The van der Waals surface area contributed by atoms with Crippen LogP contribution in [-0.4, -0.2) is 0 Å². The van der Waals surface area contributed by atoms with Crippen molar-refractivity contribution in [2.45, 2.75) is 0 Å². The van der Waals surface area contributed by atoms with Crippen LogP contribution in [-0.2, 0) is 0 Å². The second kappa shape index (κ2) is 7.08. The third-order valence-electron chi connectivity index (χ3n) is 3.43. The minimum absolute atomic E-state index is 1.10. The Morgan fingerprint density at radius 1 is 0.455 bits per heavy atom. The van der Waals surface area contributed by atoms with Crippen LogP contribution in [0.25, 0.3) is 23.3 Å². The van der Waals surface area contributed by atoms with Gasteiger partial charge in [0.05, 0.1) is 0 Å². The molecule has 0 aliphatic heterocycles. The molecule has 0 radical (unpaired) electrons. The second-order valence-electron chi connectivity index (χ2n) is 5.01. The Kier molecular flexibility index (Phi) is 4.91. The summed E-state index contributed by atoms with van der Waals surface area (Å²) in [5.74, 6) is 0. The fourth-order valence-electron chi connectivity index (χ4n) is 2.20. The third-order valence-corrected chi connectivity index (χ3v) is 4.48. The summed E-state index contributed by atoms with van der Waals surface area (Å²) in [6, 6.07) is 25.3. The molecule has 22 heavy (non-hydrogen) atoms. The lowest BCUT2D eigenvalue weighted by Gasteiger charge is -2.02. The maximum atomic E-state index is 3.46. The van der Waals surface area contributed by atoms with Gasteiger partial charge in [-0.2, -0.15) is 0 Å². The number of hydrogen-bond acceptors (Lipinski definition) is 0. The van der Waals surface area contributed by atoms with Crippen LogP contribution in [0.2, 0.25) is 0 Å². The highest BCUT2D eigenvalue weighted by molar-refractivity contribution is 9.10. The monoisotopic (exact) mass is 412 g/mol. The standard InChI is InChI=1S/C20H14Br2/c21-19-11-5-16(6-12-19)2-1-15-3-7-17(8-4-15)18-9-13-20(22)14-10-18/h1-14H/b2-1-. The van der Waals surface area contributed by atoms with E-state index in [1.807, 2.05) is 0 Å². The van der Waals surface area contributed by atoms with Gasteiger partial charge >= 0.3 is 0 Å². The lowest BCUT2D eigenvalue weighted by molar-refractivity contribution is 1.58. The third kappa shape index (κ3) is 3.96. The highest BCUT2D eigenvalue weighted by Gasteiger charge is 1.97. The maximum Gasteiger partial charge on any atom is 0.0175 e. The lowest BCUT2D eigenvalue weighted by atomic mass is 10.0. The molecule has 3 aromatic rings. The van der Waals surface area contributed by atoms with Gasteiger partial charge in [-0.05, 0) is 46.5 Å². The summed E-state index contributed by atoms with van der Waals surface area (Å²) in [7, 11) is 0. The molecule has 0 amide bonds. The van der Waals surface area contributed by atoms with E-state index in [9.17, 15) is 0 Å². The Hall–Kier alpha value is -1.64. The van der Waals surface area contributed by atoms with E-state index in [-0.39, 0.29) is 0 Å². The molecule has 0 fully saturated rings. The van der Waals surface area contributed by atoms with Crippen LogP contribution in [0.5, 0.6) is 0 Å². The molecule has 0 aliphatic carbocycles. The SMILES string of the molecule is Brc1ccc(/C=C\c2ccc(-c3ccc(Br)cc3)cc2)cc1. The molecule has 0 unspecified atom stereocenters. The van der Waals surface area contributed by atoms with Gasteiger partial charge in [-0.15, -0.1) is 0 Å². The Labute approximate surface area is 147 Å². The molecule has 0 aliphatic rings. The van der Waals surface area contributed by atoms with Crippen LogP contribution in [0.1, 0.15) is 11.1 Å². The second-order valence-corrected chi connectivity index (χ2v) is 6.85. The van der Waals surface area contributed by atoms with Gasteiger partial charge in [0.15, 0.2) is 0 Å². The van der Waals surface area contributed by atoms with E-state index < -0.39 is 0 Å². The number of rotatable bonds is 3. The minimum atomic E-state index is 1.10. The zero-order valence-corrected chi connectivity index (χ0v) is 15.0. The molecule has 0 aromatic heterocycles. The number of halogens is 2. The van der Waals surface area contributed by atoms with Gasteiger partial charge in [0, 0.05) is 8.95 Å². The van der Waals surface area contributed by atoms with Gasteiger partial charge in [0.25, 0.3) is 0 Å². The van der Waals surface area contributed by atoms with Gasteiger partial charge in [-0.1, -0.05) is 92.5 Å². The molecular formula is C20H14Br2. The zero-order valence-electron chi connectivity index (χ0n) is 11.8. The van der Waals surface area contributed by atoms with Crippen molar-refractivity contribution < 1.29 is 0 Å². The summed E-state index contributed by atoms with van der Waals surface area (Å²) in [5, 5.41) is 0. The fraction of sp³-hybridized carbons (Fsp3) is 0. The van der Waals surface area contributed by atoms with Crippen molar-refractivity contribution in [3.05, 3.63) is 92.9 Å².